The summed E-state index contributed by atoms with van der Waals surface area (Å²) in [5.41, 5.74) is 8.93. The van der Waals surface area contributed by atoms with Crippen LogP contribution < -0.4 is 10.6 Å². The van der Waals surface area contributed by atoms with Crippen LogP contribution in [0, 0.1) is 0 Å². The van der Waals surface area contributed by atoms with Gasteiger partial charge in [-0.05, 0) is 17.7 Å². The quantitative estimate of drug-likeness (QED) is 0.703. The van der Waals surface area contributed by atoms with Crippen molar-refractivity contribution in [3.05, 3.63) is 54.1 Å². The molecule has 3 rings (SSSR count). The molecule has 0 saturated heterocycles. The molecule has 1 aromatic heterocycles. The Morgan fingerprint density at radius 1 is 1.10 bits per heavy atom. The summed E-state index contributed by atoms with van der Waals surface area (Å²) in [7, 11) is 0. The molecule has 0 amide bonds. The molecule has 0 aliphatic heterocycles. The van der Waals surface area contributed by atoms with E-state index >= 15 is 0 Å². The highest BCUT2D eigenvalue weighted by Gasteiger charge is 2.15. The number of hydrogen-bond acceptors (Lipinski definition) is 5. The van der Waals surface area contributed by atoms with Gasteiger partial charge in [-0.1, -0.05) is 36.4 Å². The number of nitrogens with zero attached hydrogens (tertiary/aromatic N) is 2. The van der Waals surface area contributed by atoms with Crippen molar-refractivity contribution >= 4 is 22.8 Å². The SMILES string of the molecule is Nc1cccc2oc(N(CCO)Cc3ccccc3)nc12. The van der Waals surface area contributed by atoms with Gasteiger partial charge in [-0.15, -0.1) is 0 Å². The van der Waals surface area contributed by atoms with Crippen molar-refractivity contribution in [1.82, 2.24) is 4.98 Å². The van der Waals surface area contributed by atoms with Crippen LogP contribution in [0.2, 0.25) is 0 Å². The topological polar surface area (TPSA) is 75.5 Å². The fourth-order valence-electron chi connectivity index (χ4n) is 2.26. The summed E-state index contributed by atoms with van der Waals surface area (Å²) < 4.78 is 5.76. The largest absolute Gasteiger partial charge is 0.423 e. The van der Waals surface area contributed by atoms with Gasteiger partial charge < -0.3 is 20.2 Å². The number of nitrogen functional groups attached to an aromatic ring is 1. The van der Waals surface area contributed by atoms with Crippen molar-refractivity contribution in [1.29, 1.82) is 0 Å². The van der Waals surface area contributed by atoms with E-state index in [1.165, 1.54) is 0 Å². The molecule has 108 valence electrons. The van der Waals surface area contributed by atoms with Crippen LogP contribution in [0.5, 0.6) is 0 Å². The van der Waals surface area contributed by atoms with Gasteiger partial charge in [0.15, 0.2) is 5.58 Å². The van der Waals surface area contributed by atoms with Gasteiger partial charge >= 0.3 is 0 Å². The molecule has 0 radical (unpaired) electrons. The highest BCUT2D eigenvalue weighted by atomic mass is 16.4. The van der Waals surface area contributed by atoms with Gasteiger partial charge in [0.25, 0.3) is 6.01 Å². The highest BCUT2D eigenvalue weighted by Crippen LogP contribution is 2.26. The van der Waals surface area contributed by atoms with Crippen LogP contribution in [0.1, 0.15) is 5.56 Å². The van der Waals surface area contributed by atoms with Crippen LogP contribution in [0.3, 0.4) is 0 Å². The van der Waals surface area contributed by atoms with Crippen molar-refractivity contribution in [2.24, 2.45) is 0 Å². The van der Waals surface area contributed by atoms with Gasteiger partial charge in [0.05, 0.1) is 12.3 Å². The molecule has 0 saturated carbocycles. The molecular formula is C16H17N3O2. The zero-order chi connectivity index (χ0) is 14.7. The molecule has 0 unspecified atom stereocenters. The third-order valence-corrected chi connectivity index (χ3v) is 3.30. The summed E-state index contributed by atoms with van der Waals surface area (Å²) >= 11 is 0. The van der Waals surface area contributed by atoms with E-state index in [-0.39, 0.29) is 6.61 Å². The Bertz CT molecular complexity index is 725. The number of rotatable bonds is 5. The second-order valence-corrected chi connectivity index (χ2v) is 4.82. The van der Waals surface area contributed by atoms with Crippen LogP contribution in [-0.4, -0.2) is 23.2 Å². The maximum absolute atomic E-state index is 9.27. The Morgan fingerprint density at radius 3 is 2.62 bits per heavy atom. The number of nitrogens with two attached hydrogens (primary N) is 1. The number of anilines is 2. The number of fused-ring (bicyclic) bond motifs is 1. The smallest absolute Gasteiger partial charge is 0.298 e. The second kappa shape index (κ2) is 5.85. The third-order valence-electron chi connectivity index (χ3n) is 3.30. The summed E-state index contributed by atoms with van der Waals surface area (Å²) in [5, 5.41) is 9.27. The van der Waals surface area contributed by atoms with Gasteiger partial charge in [0.2, 0.25) is 0 Å². The van der Waals surface area contributed by atoms with Gasteiger partial charge in [-0.25, -0.2) is 0 Å². The van der Waals surface area contributed by atoms with Crippen LogP contribution in [-0.2, 0) is 6.54 Å². The van der Waals surface area contributed by atoms with Gasteiger partial charge in [0.1, 0.15) is 5.52 Å². The summed E-state index contributed by atoms with van der Waals surface area (Å²) in [4.78, 5) is 6.35. The standard InChI is InChI=1S/C16H17N3O2/c17-13-7-4-8-14-15(13)18-16(21-14)19(9-10-20)11-12-5-2-1-3-6-12/h1-8,20H,9-11,17H2. The summed E-state index contributed by atoms with van der Waals surface area (Å²) in [6, 6.07) is 15.9. The predicted molar refractivity (Wildman–Crippen MR) is 83.0 cm³/mol. The Labute approximate surface area is 122 Å². The number of para-hydroxylation sites is 1. The van der Waals surface area contributed by atoms with E-state index in [1.54, 1.807) is 6.07 Å². The monoisotopic (exact) mass is 283 g/mol. The maximum Gasteiger partial charge on any atom is 0.298 e. The number of benzene rings is 2. The van der Waals surface area contributed by atoms with E-state index in [2.05, 4.69) is 4.98 Å². The molecule has 0 aliphatic rings. The lowest BCUT2D eigenvalue weighted by Crippen LogP contribution is -2.26. The fraction of sp³-hybridized carbons (Fsp3) is 0.188. The minimum absolute atomic E-state index is 0.0288. The van der Waals surface area contributed by atoms with Crippen molar-refractivity contribution in [2.75, 3.05) is 23.8 Å². The molecule has 2 aromatic carbocycles. The molecule has 5 nitrogen and oxygen atoms in total. The van der Waals surface area contributed by atoms with E-state index in [0.29, 0.717) is 35.9 Å². The van der Waals surface area contributed by atoms with Crippen molar-refractivity contribution in [2.45, 2.75) is 6.54 Å². The van der Waals surface area contributed by atoms with Crippen molar-refractivity contribution < 1.29 is 9.52 Å². The molecule has 5 heteroatoms. The van der Waals surface area contributed by atoms with Gasteiger partial charge in [0, 0.05) is 13.1 Å². The number of hydrogen-bond donors (Lipinski definition) is 2. The molecule has 0 aliphatic carbocycles. The first-order valence-electron chi connectivity index (χ1n) is 6.82. The van der Waals surface area contributed by atoms with E-state index in [1.807, 2.05) is 47.4 Å². The summed E-state index contributed by atoms with van der Waals surface area (Å²) in [6.45, 7) is 1.09. The number of aliphatic hydroxyl groups is 1. The van der Waals surface area contributed by atoms with E-state index in [0.717, 1.165) is 5.56 Å². The van der Waals surface area contributed by atoms with Crippen LogP contribution in [0.25, 0.3) is 11.1 Å². The normalized spacial score (nSPS) is 10.9. The lowest BCUT2D eigenvalue weighted by Gasteiger charge is -2.19. The molecule has 0 bridgehead atoms. The zero-order valence-corrected chi connectivity index (χ0v) is 11.6. The fourth-order valence-corrected chi connectivity index (χ4v) is 2.26. The molecule has 0 atom stereocenters. The Balaban J connectivity index is 1.93. The summed E-state index contributed by atoms with van der Waals surface area (Å²) in [6.07, 6.45) is 0. The third kappa shape index (κ3) is 2.83. The minimum atomic E-state index is 0.0288. The van der Waals surface area contributed by atoms with Crippen molar-refractivity contribution in [3.8, 4) is 0 Å². The van der Waals surface area contributed by atoms with E-state index in [9.17, 15) is 5.11 Å². The lowest BCUT2D eigenvalue weighted by molar-refractivity contribution is 0.298. The molecule has 0 spiro atoms. The number of aromatic nitrogens is 1. The number of aliphatic hydroxyl groups excluding tert-OH is 1. The Hall–Kier alpha value is -2.53. The van der Waals surface area contributed by atoms with Gasteiger partial charge in [-0.2, -0.15) is 4.98 Å². The molecule has 1 heterocycles. The maximum atomic E-state index is 9.27. The highest BCUT2D eigenvalue weighted by molar-refractivity contribution is 5.86. The first-order chi connectivity index (χ1) is 10.3. The minimum Gasteiger partial charge on any atom is -0.423 e. The average molecular weight is 283 g/mol. The average Bonchev–Trinajstić information content (AvgIpc) is 2.93. The first kappa shape index (κ1) is 13.5. The molecule has 0 fully saturated rings. The first-order valence-corrected chi connectivity index (χ1v) is 6.82. The van der Waals surface area contributed by atoms with Crippen LogP contribution in [0.4, 0.5) is 11.7 Å². The summed E-state index contributed by atoms with van der Waals surface area (Å²) in [5.74, 6) is 0. The van der Waals surface area contributed by atoms with Gasteiger partial charge in [-0.3, -0.25) is 0 Å². The van der Waals surface area contributed by atoms with E-state index < -0.39 is 0 Å². The molecule has 3 aromatic rings. The van der Waals surface area contributed by atoms with Crippen LogP contribution >= 0.6 is 0 Å². The van der Waals surface area contributed by atoms with Crippen LogP contribution in [0.15, 0.2) is 52.9 Å². The lowest BCUT2D eigenvalue weighted by atomic mass is 10.2. The molecule has 3 N–H and O–H groups in total. The second-order valence-electron chi connectivity index (χ2n) is 4.82. The molecular weight excluding hydrogens is 266 g/mol. The predicted octanol–water partition coefficient (Wildman–Crippen LogP) is 2.41. The zero-order valence-electron chi connectivity index (χ0n) is 11.6. The number of oxazole rings is 1. The Morgan fingerprint density at radius 2 is 1.90 bits per heavy atom. The Kier molecular flexibility index (Phi) is 3.75. The van der Waals surface area contributed by atoms with E-state index in [4.69, 9.17) is 10.2 Å². The molecule has 21 heavy (non-hydrogen) atoms. The van der Waals surface area contributed by atoms with Crippen molar-refractivity contribution in [3.63, 3.8) is 0 Å².